The summed E-state index contributed by atoms with van der Waals surface area (Å²) in [6.07, 6.45) is 0. The van der Waals surface area contributed by atoms with Crippen molar-refractivity contribution in [2.75, 3.05) is 5.73 Å². The van der Waals surface area contributed by atoms with E-state index in [2.05, 4.69) is 9.97 Å². The first-order valence-electron chi connectivity index (χ1n) is 3.69. The second-order valence-electron chi connectivity index (χ2n) is 2.55. The highest BCUT2D eigenvalue weighted by Crippen LogP contribution is 2.25. The van der Waals surface area contributed by atoms with Crippen LogP contribution in [0.5, 0.6) is 0 Å². The largest absolute Gasteiger partial charge is 0.382 e. The molecule has 70 valence electrons. The van der Waals surface area contributed by atoms with E-state index in [0.29, 0.717) is 5.82 Å². The van der Waals surface area contributed by atoms with Crippen LogP contribution in [0.4, 0.5) is 5.82 Å². The summed E-state index contributed by atoms with van der Waals surface area (Å²) in [7, 11) is 0. The molecule has 0 aliphatic carbocycles. The molecule has 2 N–H and O–H groups in total. The highest BCUT2D eigenvalue weighted by molar-refractivity contribution is 6.33. The van der Waals surface area contributed by atoms with Crippen molar-refractivity contribution in [3.05, 3.63) is 16.5 Å². The van der Waals surface area contributed by atoms with Crippen LogP contribution < -0.4 is 5.73 Å². The third-order valence-electron chi connectivity index (χ3n) is 1.55. The van der Waals surface area contributed by atoms with Crippen molar-refractivity contribution in [2.24, 2.45) is 0 Å². The summed E-state index contributed by atoms with van der Waals surface area (Å²) in [5, 5.41) is 17.4. The zero-order chi connectivity index (χ0) is 10.7. The highest BCUT2D eigenvalue weighted by Gasteiger charge is 2.18. The van der Waals surface area contributed by atoms with Crippen molar-refractivity contribution in [3.8, 4) is 12.1 Å². The van der Waals surface area contributed by atoms with Gasteiger partial charge in [-0.25, -0.2) is 9.97 Å². The molecule has 0 bridgehead atoms. The lowest BCUT2D eigenvalue weighted by molar-refractivity contribution is 0.944. The molecule has 0 fully saturated rings. The minimum Gasteiger partial charge on any atom is -0.382 e. The van der Waals surface area contributed by atoms with Gasteiger partial charge in [-0.3, -0.25) is 0 Å². The Hall–Kier alpha value is -1.85. The molecule has 0 saturated heterocycles. The zero-order valence-electron chi connectivity index (χ0n) is 7.32. The third kappa shape index (κ3) is 1.73. The molecule has 1 aromatic rings. The predicted molar refractivity (Wildman–Crippen MR) is 50.2 cm³/mol. The Morgan fingerprint density at radius 3 is 2.43 bits per heavy atom. The fourth-order valence-corrected chi connectivity index (χ4v) is 1.14. The van der Waals surface area contributed by atoms with Crippen LogP contribution in [0.1, 0.15) is 17.4 Å². The van der Waals surface area contributed by atoms with Gasteiger partial charge in [-0.2, -0.15) is 10.5 Å². The van der Waals surface area contributed by atoms with Gasteiger partial charge in [0.15, 0.2) is 5.92 Å². The number of hydrogen-bond acceptors (Lipinski definition) is 5. The third-order valence-corrected chi connectivity index (χ3v) is 1.93. The van der Waals surface area contributed by atoms with Crippen LogP contribution in [0.15, 0.2) is 0 Å². The number of nitrogen functional groups attached to an aromatic ring is 1. The lowest BCUT2D eigenvalue weighted by atomic mass is 10.1. The molecule has 0 amide bonds. The molecule has 1 rings (SSSR count). The van der Waals surface area contributed by atoms with E-state index in [9.17, 15) is 0 Å². The molecular formula is C8H6ClN5. The van der Waals surface area contributed by atoms with Crippen molar-refractivity contribution in [1.29, 1.82) is 10.5 Å². The van der Waals surface area contributed by atoms with Crippen LogP contribution in [-0.2, 0) is 0 Å². The van der Waals surface area contributed by atoms with Crippen LogP contribution >= 0.6 is 11.6 Å². The van der Waals surface area contributed by atoms with E-state index in [1.807, 2.05) is 0 Å². The van der Waals surface area contributed by atoms with E-state index in [0.717, 1.165) is 0 Å². The number of nitriles is 2. The van der Waals surface area contributed by atoms with E-state index < -0.39 is 5.92 Å². The van der Waals surface area contributed by atoms with Crippen LogP contribution in [0, 0.1) is 29.6 Å². The van der Waals surface area contributed by atoms with Crippen LogP contribution in [0.2, 0.25) is 5.02 Å². The minimum absolute atomic E-state index is 0.0729. The lowest BCUT2D eigenvalue weighted by Gasteiger charge is -2.05. The monoisotopic (exact) mass is 207 g/mol. The molecule has 0 spiro atoms. The number of rotatable bonds is 1. The van der Waals surface area contributed by atoms with Crippen LogP contribution in [-0.4, -0.2) is 9.97 Å². The van der Waals surface area contributed by atoms with Gasteiger partial charge in [0, 0.05) is 0 Å². The SMILES string of the molecule is Cc1nc(N)c(Cl)c(C(C#N)C#N)n1. The second-order valence-corrected chi connectivity index (χ2v) is 2.92. The number of aromatic nitrogens is 2. The Morgan fingerprint density at radius 1 is 1.36 bits per heavy atom. The fraction of sp³-hybridized carbons (Fsp3) is 0.250. The number of nitrogens with two attached hydrogens (primary N) is 1. The average molecular weight is 208 g/mol. The maximum absolute atomic E-state index is 8.65. The lowest BCUT2D eigenvalue weighted by Crippen LogP contribution is -2.05. The molecule has 6 heteroatoms. The molecule has 0 aromatic carbocycles. The Balaban J connectivity index is 3.36. The van der Waals surface area contributed by atoms with Crippen molar-refractivity contribution in [1.82, 2.24) is 9.97 Å². The van der Waals surface area contributed by atoms with Crippen molar-refractivity contribution in [2.45, 2.75) is 12.8 Å². The molecule has 14 heavy (non-hydrogen) atoms. The molecular weight excluding hydrogens is 202 g/mol. The second kappa shape index (κ2) is 3.91. The van der Waals surface area contributed by atoms with Gasteiger partial charge in [0.1, 0.15) is 16.7 Å². The molecule has 1 heterocycles. The van der Waals surface area contributed by atoms with Crippen molar-refractivity contribution in [3.63, 3.8) is 0 Å². The average Bonchev–Trinajstić information content (AvgIpc) is 2.15. The fourth-order valence-electron chi connectivity index (χ4n) is 0.945. The van der Waals surface area contributed by atoms with Gasteiger partial charge in [0.2, 0.25) is 0 Å². The van der Waals surface area contributed by atoms with Gasteiger partial charge in [-0.05, 0) is 6.92 Å². The van der Waals surface area contributed by atoms with E-state index in [-0.39, 0.29) is 16.5 Å². The van der Waals surface area contributed by atoms with E-state index in [1.54, 1.807) is 19.1 Å². The number of hydrogen-bond donors (Lipinski definition) is 1. The van der Waals surface area contributed by atoms with Crippen molar-refractivity contribution >= 4 is 17.4 Å². The minimum atomic E-state index is -1.01. The molecule has 1 aromatic heterocycles. The first-order chi connectivity index (χ1) is 6.60. The zero-order valence-corrected chi connectivity index (χ0v) is 8.08. The van der Waals surface area contributed by atoms with Gasteiger partial charge in [-0.1, -0.05) is 11.6 Å². The van der Waals surface area contributed by atoms with Crippen LogP contribution in [0.3, 0.4) is 0 Å². The van der Waals surface area contributed by atoms with Crippen molar-refractivity contribution < 1.29 is 0 Å². The highest BCUT2D eigenvalue weighted by atomic mass is 35.5. The first-order valence-corrected chi connectivity index (χ1v) is 4.06. The molecule has 0 saturated carbocycles. The van der Waals surface area contributed by atoms with E-state index in [1.165, 1.54) is 0 Å². The van der Waals surface area contributed by atoms with Gasteiger partial charge in [-0.15, -0.1) is 0 Å². The Bertz CT molecular complexity index is 428. The predicted octanol–water partition coefficient (Wildman–Crippen LogP) is 1.15. The van der Waals surface area contributed by atoms with E-state index >= 15 is 0 Å². The van der Waals surface area contributed by atoms with E-state index in [4.69, 9.17) is 27.9 Å². The number of halogens is 1. The number of anilines is 1. The molecule has 0 aliphatic heterocycles. The van der Waals surface area contributed by atoms with Gasteiger partial charge >= 0.3 is 0 Å². The topological polar surface area (TPSA) is 99.4 Å². The molecule has 0 atom stereocenters. The standard InChI is InChI=1S/C8H6ClN5/c1-4-13-7(5(2-10)3-11)6(9)8(12)14-4/h5H,1H3,(H2,12,13,14). The molecule has 0 unspecified atom stereocenters. The van der Waals surface area contributed by atoms with Gasteiger partial charge in [0.05, 0.1) is 17.8 Å². The Morgan fingerprint density at radius 2 is 1.93 bits per heavy atom. The summed E-state index contributed by atoms with van der Waals surface area (Å²) in [4.78, 5) is 7.71. The summed E-state index contributed by atoms with van der Waals surface area (Å²) >= 11 is 5.77. The Kier molecular flexibility index (Phi) is 2.85. The maximum Gasteiger partial charge on any atom is 0.176 e. The Labute approximate surface area is 85.8 Å². The number of nitrogens with zero attached hydrogens (tertiary/aromatic N) is 4. The molecule has 0 aliphatic rings. The quantitative estimate of drug-likeness (QED) is 0.745. The molecule has 0 radical (unpaired) electrons. The van der Waals surface area contributed by atoms with Gasteiger partial charge in [0.25, 0.3) is 0 Å². The van der Waals surface area contributed by atoms with Gasteiger partial charge < -0.3 is 5.73 Å². The normalized spacial score (nSPS) is 9.50. The summed E-state index contributed by atoms with van der Waals surface area (Å²) in [5.74, 6) is -0.534. The molecule has 5 nitrogen and oxygen atoms in total. The van der Waals surface area contributed by atoms with Crippen LogP contribution in [0.25, 0.3) is 0 Å². The summed E-state index contributed by atoms with van der Waals surface area (Å²) in [6, 6.07) is 3.54. The number of aryl methyl sites for hydroxylation is 1. The first kappa shape index (κ1) is 10.2. The maximum atomic E-state index is 8.65. The smallest absolute Gasteiger partial charge is 0.176 e. The summed E-state index contributed by atoms with van der Waals surface area (Å²) in [6.45, 7) is 1.61. The summed E-state index contributed by atoms with van der Waals surface area (Å²) < 4.78 is 0. The summed E-state index contributed by atoms with van der Waals surface area (Å²) in [5.41, 5.74) is 5.64.